The Balaban J connectivity index is 1.99. The molecule has 0 amide bonds. The first-order valence-corrected chi connectivity index (χ1v) is 11.2. The molecule has 168 valence electrons. The highest BCUT2D eigenvalue weighted by atomic mass is 35.5. The van der Waals surface area contributed by atoms with Gasteiger partial charge in [-0.3, -0.25) is 4.98 Å². The number of fused-ring (bicyclic) bond motifs is 1. The Hall–Kier alpha value is -3.21. The van der Waals surface area contributed by atoms with E-state index in [1.165, 1.54) is 0 Å². The lowest BCUT2D eigenvalue weighted by molar-refractivity contribution is -0.160. The number of ether oxygens (including phenoxy) is 1. The molecule has 0 fully saturated rings. The van der Waals surface area contributed by atoms with Gasteiger partial charge in [0.05, 0.1) is 5.60 Å². The van der Waals surface area contributed by atoms with E-state index in [1.807, 2.05) is 82.4 Å². The number of hydrogen-bond acceptors (Lipinski definition) is 3. The zero-order chi connectivity index (χ0) is 23.8. The van der Waals surface area contributed by atoms with Crippen molar-refractivity contribution in [2.24, 2.45) is 0 Å². The summed E-state index contributed by atoms with van der Waals surface area (Å²) in [7, 11) is 0. The van der Waals surface area contributed by atoms with Gasteiger partial charge in [-0.15, -0.1) is 0 Å². The van der Waals surface area contributed by atoms with E-state index in [0.29, 0.717) is 10.6 Å². The number of rotatable bonds is 5. The van der Waals surface area contributed by atoms with E-state index in [2.05, 4.69) is 17.1 Å². The van der Waals surface area contributed by atoms with Crippen LogP contribution in [0.15, 0.2) is 73.1 Å². The molecular weight excluding hydrogens is 434 g/mol. The molecule has 0 saturated heterocycles. The van der Waals surface area contributed by atoms with Crippen LogP contribution in [-0.2, 0) is 9.53 Å². The fraction of sp³-hybridized carbons (Fsp3) is 0.214. The molecule has 1 N–H and O–H groups in total. The van der Waals surface area contributed by atoms with Crippen molar-refractivity contribution in [1.29, 1.82) is 0 Å². The molecule has 4 nitrogen and oxygen atoms in total. The molecule has 1 heterocycles. The predicted octanol–water partition coefficient (Wildman–Crippen LogP) is 7.47. The molecule has 0 spiro atoms. The number of benzene rings is 3. The Kier molecular flexibility index (Phi) is 6.24. The molecule has 0 radical (unpaired) electrons. The van der Waals surface area contributed by atoms with Crippen LogP contribution in [0.1, 0.15) is 38.0 Å². The van der Waals surface area contributed by atoms with Gasteiger partial charge in [0.15, 0.2) is 6.10 Å². The first-order chi connectivity index (χ1) is 15.6. The highest BCUT2D eigenvalue weighted by Crippen LogP contribution is 2.38. The van der Waals surface area contributed by atoms with Crippen LogP contribution in [0, 0.1) is 6.92 Å². The van der Waals surface area contributed by atoms with Crippen molar-refractivity contribution in [2.45, 2.75) is 39.4 Å². The van der Waals surface area contributed by atoms with Crippen molar-refractivity contribution in [1.82, 2.24) is 4.98 Å². The maximum Gasteiger partial charge on any atom is 0.337 e. The summed E-state index contributed by atoms with van der Waals surface area (Å²) in [6.07, 6.45) is 2.53. The number of nitrogens with zero attached hydrogens (tertiary/aromatic N) is 1. The third-order valence-corrected chi connectivity index (χ3v) is 5.72. The maximum atomic E-state index is 12.2. The Bertz CT molecular complexity index is 1310. The van der Waals surface area contributed by atoms with Crippen molar-refractivity contribution < 1.29 is 14.6 Å². The highest BCUT2D eigenvalue weighted by molar-refractivity contribution is 6.30. The number of hydrogen-bond donors (Lipinski definition) is 1. The summed E-state index contributed by atoms with van der Waals surface area (Å²) in [5, 5.41) is 12.6. The minimum absolute atomic E-state index is 0.604. The SMILES string of the molecule is Cc1cc2cc(-c3cccnc3)cc(-c3ccc(Cl)cc3)c2cc1[C@H](OC(C)(C)C)C(=O)O. The Morgan fingerprint density at radius 1 is 1.00 bits per heavy atom. The van der Waals surface area contributed by atoms with Crippen molar-refractivity contribution in [3.05, 3.63) is 89.2 Å². The van der Waals surface area contributed by atoms with Gasteiger partial charge in [0.25, 0.3) is 0 Å². The van der Waals surface area contributed by atoms with Gasteiger partial charge < -0.3 is 9.84 Å². The monoisotopic (exact) mass is 459 g/mol. The lowest BCUT2D eigenvalue weighted by Gasteiger charge is -2.26. The zero-order valence-electron chi connectivity index (χ0n) is 19.1. The standard InChI is InChI=1S/C28H26ClNO3/c1-17-12-21-13-20(19-6-5-11-30-16-19)14-24(18-7-9-22(29)10-8-18)25(21)15-23(17)26(27(31)32)33-28(2,3)4/h5-16,26H,1-4H3,(H,31,32)/t26-/m0/s1. The largest absolute Gasteiger partial charge is 0.479 e. The second-order valence-corrected chi connectivity index (χ2v) is 9.59. The molecule has 4 rings (SSSR count). The van der Waals surface area contributed by atoms with E-state index in [0.717, 1.165) is 38.6 Å². The number of aliphatic carboxylic acids is 1. The Labute approximate surface area is 198 Å². The van der Waals surface area contributed by atoms with Crippen molar-refractivity contribution in [3.63, 3.8) is 0 Å². The third kappa shape index (κ3) is 5.08. The number of carboxylic acids is 1. The molecule has 0 aliphatic carbocycles. The number of pyridine rings is 1. The summed E-state index contributed by atoms with van der Waals surface area (Å²) in [6, 6.07) is 19.8. The molecule has 1 aromatic heterocycles. The quantitative estimate of drug-likeness (QED) is 0.336. The van der Waals surface area contributed by atoms with Gasteiger partial charge in [0.2, 0.25) is 0 Å². The summed E-state index contributed by atoms with van der Waals surface area (Å²) in [5.74, 6) is -1.01. The predicted molar refractivity (Wildman–Crippen MR) is 134 cm³/mol. The van der Waals surface area contributed by atoms with E-state index in [1.54, 1.807) is 6.20 Å². The fourth-order valence-corrected chi connectivity index (χ4v) is 4.12. The van der Waals surface area contributed by atoms with Gasteiger partial charge >= 0.3 is 5.97 Å². The molecule has 0 aliphatic rings. The van der Waals surface area contributed by atoms with Crippen LogP contribution < -0.4 is 0 Å². The molecule has 1 atom stereocenters. The van der Waals surface area contributed by atoms with Gasteiger partial charge in [-0.1, -0.05) is 35.9 Å². The van der Waals surface area contributed by atoms with Crippen molar-refractivity contribution in [2.75, 3.05) is 0 Å². The average molecular weight is 460 g/mol. The fourth-order valence-electron chi connectivity index (χ4n) is 3.99. The van der Waals surface area contributed by atoms with Gasteiger partial charge in [0.1, 0.15) is 0 Å². The topological polar surface area (TPSA) is 59.4 Å². The lowest BCUT2D eigenvalue weighted by atomic mass is 9.89. The summed E-state index contributed by atoms with van der Waals surface area (Å²) < 4.78 is 5.94. The van der Waals surface area contributed by atoms with Crippen molar-refractivity contribution in [3.8, 4) is 22.3 Å². The molecule has 0 saturated carbocycles. The van der Waals surface area contributed by atoms with Crippen LogP contribution in [-0.4, -0.2) is 21.7 Å². The van der Waals surface area contributed by atoms with Crippen LogP contribution in [0.25, 0.3) is 33.0 Å². The van der Waals surface area contributed by atoms with Crippen LogP contribution in [0.5, 0.6) is 0 Å². The molecule has 33 heavy (non-hydrogen) atoms. The Morgan fingerprint density at radius 3 is 2.33 bits per heavy atom. The molecule has 0 bridgehead atoms. The number of carboxylic acid groups (broad SMARTS) is 1. The summed E-state index contributed by atoms with van der Waals surface area (Å²) >= 11 is 6.14. The van der Waals surface area contributed by atoms with E-state index in [4.69, 9.17) is 16.3 Å². The maximum absolute atomic E-state index is 12.2. The average Bonchev–Trinajstić information content (AvgIpc) is 2.77. The molecular formula is C28H26ClNO3. The number of aromatic nitrogens is 1. The summed E-state index contributed by atoms with van der Waals surface area (Å²) in [5.41, 5.74) is 4.94. The normalized spacial score (nSPS) is 12.6. The summed E-state index contributed by atoms with van der Waals surface area (Å²) in [6.45, 7) is 7.51. The second-order valence-electron chi connectivity index (χ2n) is 9.15. The number of aryl methyl sites for hydroxylation is 1. The van der Waals surface area contributed by atoms with Gasteiger partial charge in [0, 0.05) is 23.0 Å². The van der Waals surface area contributed by atoms with E-state index in [9.17, 15) is 9.90 Å². The Morgan fingerprint density at radius 2 is 1.73 bits per heavy atom. The van der Waals surface area contributed by atoms with Crippen LogP contribution >= 0.6 is 11.6 Å². The van der Waals surface area contributed by atoms with E-state index >= 15 is 0 Å². The molecule has 0 unspecified atom stereocenters. The minimum Gasteiger partial charge on any atom is -0.479 e. The van der Waals surface area contributed by atoms with Gasteiger partial charge in [-0.25, -0.2) is 4.79 Å². The van der Waals surface area contributed by atoms with Gasteiger partial charge in [-0.2, -0.15) is 0 Å². The molecule has 4 aromatic rings. The van der Waals surface area contributed by atoms with Crippen LogP contribution in [0.4, 0.5) is 0 Å². The van der Waals surface area contributed by atoms with Crippen LogP contribution in [0.2, 0.25) is 5.02 Å². The minimum atomic E-state index is -1.06. The molecule has 3 aromatic carbocycles. The smallest absolute Gasteiger partial charge is 0.337 e. The molecule has 5 heteroatoms. The number of halogens is 1. The van der Waals surface area contributed by atoms with Crippen LogP contribution in [0.3, 0.4) is 0 Å². The van der Waals surface area contributed by atoms with Gasteiger partial charge in [-0.05, 0) is 103 Å². The van der Waals surface area contributed by atoms with E-state index in [-0.39, 0.29) is 0 Å². The van der Waals surface area contributed by atoms with Crippen molar-refractivity contribution >= 4 is 28.3 Å². The first-order valence-electron chi connectivity index (χ1n) is 10.8. The lowest BCUT2D eigenvalue weighted by Crippen LogP contribution is -2.27. The highest BCUT2D eigenvalue weighted by Gasteiger charge is 2.28. The van der Waals surface area contributed by atoms with E-state index < -0.39 is 17.7 Å². The summed E-state index contributed by atoms with van der Waals surface area (Å²) in [4.78, 5) is 16.4. The zero-order valence-corrected chi connectivity index (χ0v) is 19.9. The number of carbonyl (C=O) groups is 1. The molecule has 0 aliphatic heterocycles. The third-order valence-electron chi connectivity index (χ3n) is 5.47. The first kappa shape index (κ1) is 23.0. The second kappa shape index (κ2) is 8.97.